The van der Waals surface area contributed by atoms with Crippen LogP contribution in [0, 0.1) is 5.92 Å². The molecule has 1 unspecified atom stereocenters. The van der Waals surface area contributed by atoms with Crippen molar-refractivity contribution in [3.63, 3.8) is 0 Å². The lowest BCUT2D eigenvalue weighted by atomic mass is 9.86. The van der Waals surface area contributed by atoms with Crippen LogP contribution in [-0.4, -0.2) is 19.0 Å². The van der Waals surface area contributed by atoms with Gasteiger partial charge in [-0.25, -0.2) is 0 Å². The third-order valence-electron chi connectivity index (χ3n) is 5.07. The van der Waals surface area contributed by atoms with Gasteiger partial charge >= 0.3 is 0 Å². The molecule has 0 N–H and O–H groups in total. The second-order valence-corrected chi connectivity index (χ2v) is 7.44. The van der Waals surface area contributed by atoms with Crippen molar-refractivity contribution in [2.24, 2.45) is 10.9 Å². The molecule has 0 saturated heterocycles. The summed E-state index contributed by atoms with van der Waals surface area (Å²) in [6.07, 6.45) is 2.09. The van der Waals surface area contributed by atoms with Gasteiger partial charge in [0.25, 0.3) is 0 Å². The van der Waals surface area contributed by atoms with E-state index >= 15 is 0 Å². The molecule has 2 aliphatic heterocycles. The van der Waals surface area contributed by atoms with E-state index in [4.69, 9.17) is 14.5 Å². The van der Waals surface area contributed by atoms with Gasteiger partial charge in [-0.05, 0) is 47.6 Å². The van der Waals surface area contributed by atoms with Gasteiger partial charge < -0.3 is 9.47 Å². The summed E-state index contributed by atoms with van der Waals surface area (Å²) >= 11 is 0. The van der Waals surface area contributed by atoms with Gasteiger partial charge in [-0.2, -0.15) is 0 Å². The van der Waals surface area contributed by atoms with E-state index in [1.807, 2.05) is 0 Å². The smallest absolute Gasteiger partial charge is 0.231 e. The van der Waals surface area contributed by atoms with Gasteiger partial charge in [0.15, 0.2) is 11.5 Å². The van der Waals surface area contributed by atoms with Crippen LogP contribution in [-0.2, 0) is 12.8 Å². The topological polar surface area (TPSA) is 30.8 Å². The summed E-state index contributed by atoms with van der Waals surface area (Å²) in [5.41, 5.74) is 6.42. The first-order valence-corrected chi connectivity index (χ1v) is 9.18. The molecule has 0 amide bonds. The van der Waals surface area contributed by atoms with Crippen LogP contribution in [0.4, 0.5) is 0 Å². The average molecular weight is 335 g/mol. The molecule has 3 heteroatoms. The minimum atomic E-state index is 0.271. The van der Waals surface area contributed by atoms with Gasteiger partial charge in [-0.15, -0.1) is 0 Å². The van der Waals surface area contributed by atoms with Crippen LogP contribution in [0.15, 0.2) is 41.4 Å². The van der Waals surface area contributed by atoms with Gasteiger partial charge in [0.2, 0.25) is 6.79 Å². The minimum absolute atomic E-state index is 0.271. The first-order chi connectivity index (χ1) is 12.1. The van der Waals surface area contributed by atoms with Crippen molar-refractivity contribution in [1.82, 2.24) is 0 Å². The van der Waals surface area contributed by atoms with Crippen molar-refractivity contribution in [3.8, 4) is 11.5 Å². The Labute approximate surface area is 149 Å². The van der Waals surface area contributed by atoms with Gasteiger partial charge in [-0.1, -0.05) is 45.0 Å². The normalized spacial score (nSPS) is 16.6. The van der Waals surface area contributed by atoms with E-state index in [-0.39, 0.29) is 5.92 Å². The van der Waals surface area contributed by atoms with Crippen molar-refractivity contribution in [1.29, 1.82) is 0 Å². The predicted molar refractivity (Wildman–Crippen MR) is 101 cm³/mol. The highest BCUT2D eigenvalue weighted by molar-refractivity contribution is 6.07. The number of nitrogens with zero attached hydrogens (tertiary/aromatic N) is 1. The second-order valence-electron chi connectivity index (χ2n) is 7.44. The highest BCUT2D eigenvalue weighted by Crippen LogP contribution is 2.38. The number of ether oxygens (including phenoxy) is 2. The average Bonchev–Trinajstić information content (AvgIpc) is 3.06. The van der Waals surface area contributed by atoms with Gasteiger partial charge in [0.1, 0.15) is 0 Å². The molecule has 130 valence electrons. The molecule has 2 heterocycles. The lowest BCUT2D eigenvalue weighted by molar-refractivity contribution is 0.174. The third-order valence-corrected chi connectivity index (χ3v) is 5.07. The lowest BCUT2D eigenvalue weighted by Gasteiger charge is -2.23. The molecular weight excluding hydrogens is 310 g/mol. The van der Waals surface area contributed by atoms with E-state index in [0.29, 0.717) is 12.7 Å². The summed E-state index contributed by atoms with van der Waals surface area (Å²) in [6.45, 7) is 7.92. The molecule has 0 spiro atoms. The largest absolute Gasteiger partial charge is 0.454 e. The van der Waals surface area contributed by atoms with E-state index in [2.05, 4.69) is 57.2 Å². The minimum Gasteiger partial charge on any atom is -0.454 e. The zero-order valence-electron chi connectivity index (χ0n) is 15.2. The van der Waals surface area contributed by atoms with E-state index in [1.54, 1.807) is 0 Å². The van der Waals surface area contributed by atoms with Gasteiger partial charge in [0, 0.05) is 23.7 Å². The van der Waals surface area contributed by atoms with Gasteiger partial charge in [-0.3, -0.25) is 4.99 Å². The van der Waals surface area contributed by atoms with Crippen molar-refractivity contribution in [2.75, 3.05) is 13.3 Å². The fourth-order valence-corrected chi connectivity index (χ4v) is 3.75. The molecule has 3 nitrogen and oxygen atoms in total. The summed E-state index contributed by atoms with van der Waals surface area (Å²) in [5.74, 6) is 2.66. The Morgan fingerprint density at radius 1 is 1.00 bits per heavy atom. The summed E-state index contributed by atoms with van der Waals surface area (Å²) in [5, 5.41) is 0. The summed E-state index contributed by atoms with van der Waals surface area (Å²) in [4.78, 5) is 4.86. The van der Waals surface area contributed by atoms with E-state index in [1.165, 1.54) is 22.3 Å². The molecule has 4 rings (SSSR count). The number of hydrogen-bond donors (Lipinski definition) is 0. The van der Waals surface area contributed by atoms with Crippen molar-refractivity contribution in [2.45, 2.75) is 39.5 Å². The number of rotatable bonds is 4. The number of aliphatic imine (C=N–C) groups is 1. The van der Waals surface area contributed by atoms with Crippen LogP contribution in [0.25, 0.3) is 0 Å². The molecule has 2 aliphatic rings. The summed E-state index contributed by atoms with van der Waals surface area (Å²) in [6, 6.07) is 13.3. The molecule has 2 aromatic carbocycles. The van der Waals surface area contributed by atoms with Crippen LogP contribution >= 0.6 is 0 Å². The summed E-state index contributed by atoms with van der Waals surface area (Å²) in [7, 11) is 0. The fraction of sp³-hybridized carbons (Fsp3) is 0.409. The zero-order chi connectivity index (χ0) is 17.4. The Morgan fingerprint density at radius 2 is 1.72 bits per heavy atom. The van der Waals surface area contributed by atoms with Gasteiger partial charge in [0.05, 0.1) is 0 Å². The molecule has 0 aliphatic carbocycles. The molecule has 1 atom stereocenters. The number of hydrogen-bond acceptors (Lipinski definition) is 3. The van der Waals surface area contributed by atoms with E-state index in [0.717, 1.165) is 36.6 Å². The first-order valence-electron chi connectivity index (χ1n) is 9.18. The SMILES string of the molecule is CC(C)Cc1ccc(C(C)C2=NCCc3cc4c(cc32)OCO4)cc1. The monoisotopic (exact) mass is 335 g/mol. The number of benzene rings is 2. The quantitative estimate of drug-likeness (QED) is 0.806. The Kier molecular flexibility index (Phi) is 4.24. The van der Waals surface area contributed by atoms with Crippen LogP contribution < -0.4 is 9.47 Å². The molecule has 0 radical (unpaired) electrons. The highest BCUT2D eigenvalue weighted by atomic mass is 16.7. The fourth-order valence-electron chi connectivity index (χ4n) is 3.75. The molecule has 0 aromatic heterocycles. The third kappa shape index (κ3) is 3.15. The second kappa shape index (κ2) is 6.55. The Hall–Kier alpha value is -2.29. The maximum atomic E-state index is 5.57. The zero-order valence-corrected chi connectivity index (χ0v) is 15.2. The molecule has 0 saturated carbocycles. The Balaban J connectivity index is 1.63. The van der Waals surface area contributed by atoms with Crippen molar-refractivity contribution < 1.29 is 9.47 Å². The molecule has 0 bridgehead atoms. The predicted octanol–water partition coefficient (Wildman–Crippen LogP) is 4.76. The van der Waals surface area contributed by atoms with Crippen LogP contribution in [0.1, 0.15) is 48.9 Å². The molecule has 2 aromatic rings. The van der Waals surface area contributed by atoms with Crippen molar-refractivity contribution >= 4 is 5.71 Å². The highest BCUT2D eigenvalue weighted by Gasteiger charge is 2.25. The van der Waals surface area contributed by atoms with Crippen LogP contribution in [0.2, 0.25) is 0 Å². The van der Waals surface area contributed by atoms with Crippen molar-refractivity contribution in [3.05, 3.63) is 58.7 Å². The summed E-state index contributed by atoms with van der Waals surface area (Å²) < 4.78 is 11.1. The standard InChI is InChI=1S/C22H25NO2/c1-14(2)10-16-4-6-17(7-5-16)15(3)22-19-12-21-20(24-13-25-21)11-18(19)8-9-23-22/h4-7,11-12,14-15H,8-10,13H2,1-3H3. The molecule has 25 heavy (non-hydrogen) atoms. The lowest BCUT2D eigenvalue weighted by Crippen LogP contribution is -2.18. The molecular formula is C22H25NO2. The van der Waals surface area contributed by atoms with E-state index < -0.39 is 0 Å². The Bertz CT molecular complexity index is 806. The Morgan fingerprint density at radius 3 is 2.44 bits per heavy atom. The molecule has 0 fully saturated rings. The first kappa shape index (κ1) is 16.2. The van der Waals surface area contributed by atoms with Crippen LogP contribution in [0.3, 0.4) is 0 Å². The van der Waals surface area contributed by atoms with Crippen LogP contribution in [0.5, 0.6) is 11.5 Å². The number of fused-ring (bicyclic) bond motifs is 2. The maximum Gasteiger partial charge on any atom is 0.231 e. The van der Waals surface area contributed by atoms with E-state index in [9.17, 15) is 0 Å². The maximum absolute atomic E-state index is 5.57.